The number of carbonyl (C=O) groups excluding carboxylic acids is 1. The molecule has 2 aromatic rings. The number of hydrogen-bond donors (Lipinski definition) is 2. The Bertz CT molecular complexity index is 1400. The number of aryl methyl sites for hydroxylation is 1. The Morgan fingerprint density at radius 1 is 1.12 bits per heavy atom. The number of carbonyl (C=O) groups is 1. The molecular weight excluding hydrogens is 548 g/mol. The van der Waals surface area contributed by atoms with Crippen LogP contribution in [0.15, 0.2) is 36.4 Å². The lowest BCUT2D eigenvalue weighted by Gasteiger charge is -2.44. The Labute approximate surface area is 242 Å². The molecule has 4 aliphatic rings. The average molecular weight is 587 g/mol. The van der Waals surface area contributed by atoms with E-state index in [9.17, 15) is 18.3 Å². The van der Waals surface area contributed by atoms with Crippen molar-refractivity contribution in [2.75, 3.05) is 24.6 Å². The third-order valence-electron chi connectivity index (χ3n) is 9.90. The van der Waals surface area contributed by atoms with E-state index in [1.165, 1.54) is 11.1 Å². The zero-order valence-corrected chi connectivity index (χ0v) is 24.6. The van der Waals surface area contributed by atoms with E-state index in [2.05, 4.69) is 21.8 Å². The Hall–Kier alpha value is -2.29. The van der Waals surface area contributed by atoms with Gasteiger partial charge in [0.15, 0.2) is 0 Å². The van der Waals surface area contributed by atoms with Crippen LogP contribution in [0, 0.1) is 11.8 Å². The van der Waals surface area contributed by atoms with Gasteiger partial charge in [0.05, 0.1) is 23.6 Å². The predicted octanol–water partition coefficient (Wildman–Crippen LogP) is 5.22. The number of aliphatic hydroxyl groups is 1. The van der Waals surface area contributed by atoms with Crippen LogP contribution in [0.5, 0.6) is 5.75 Å². The van der Waals surface area contributed by atoms with E-state index in [1.54, 1.807) is 18.2 Å². The van der Waals surface area contributed by atoms with Crippen molar-refractivity contribution in [2.45, 2.75) is 81.5 Å². The number of amides is 1. The van der Waals surface area contributed by atoms with E-state index in [-0.39, 0.29) is 17.4 Å². The molecule has 1 spiro atoms. The standard InChI is InChI=1S/C31H39ClN2O5S/c1-2-24-5-3-4-6-28(35)25-10-7-22(25)17-34-18-31(14-13-20-15-23(32)9-11-26(20)31)19-39-29-12-8-21(16-27(29)34)30(36)33-40(24,37)38/h8-9,11-12,15-16,22,24-25,28,35H,2-7,10,13-14,17-19H2,1H3,(H,33,36)/t22-,24-,25+,28-,31-/m0/s1. The Morgan fingerprint density at radius 3 is 2.73 bits per heavy atom. The van der Waals surface area contributed by atoms with E-state index < -0.39 is 21.2 Å². The number of ether oxygens (including phenoxy) is 1. The monoisotopic (exact) mass is 586 g/mol. The topological polar surface area (TPSA) is 95.9 Å². The number of anilines is 1. The highest BCUT2D eigenvalue weighted by molar-refractivity contribution is 7.90. The lowest BCUT2D eigenvalue weighted by atomic mass is 9.69. The molecule has 2 bridgehead atoms. The van der Waals surface area contributed by atoms with E-state index in [4.69, 9.17) is 16.3 Å². The number of sulfonamides is 1. The van der Waals surface area contributed by atoms with Crippen LogP contribution in [0.3, 0.4) is 0 Å². The minimum atomic E-state index is -3.84. The number of aliphatic hydroxyl groups excluding tert-OH is 1. The van der Waals surface area contributed by atoms with E-state index in [0.717, 1.165) is 55.9 Å². The predicted molar refractivity (Wildman–Crippen MR) is 157 cm³/mol. The highest BCUT2D eigenvalue weighted by atomic mass is 35.5. The second kappa shape index (κ2) is 10.8. The summed E-state index contributed by atoms with van der Waals surface area (Å²) in [6.07, 6.45) is 6.59. The maximum atomic E-state index is 13.3. The van der Waals surface area contributed by atoms with Gasteiger partial charge in [-0.05, 0) is 98.2 Å². The lowest BCUT2D eigenvalue weighted by molar-refractivity contribution is 0.00909. The highest BCUT2D eigenvalue weighted by Crippen LogP contribution is 2.47. The molecule has 6 rings (SSSR count). The number of fused-ring (bicyclic) bond motifs is 4. The summed E-state index contributed by atoms with van der Waals surface area (Å²) in [4.78, 5) is 15.6. The maximum Gasteiger partial charge on any atom is 0.264 e. The van der Waals surface area contributed by atoms with Gasteiger partial charge in [0, 0.05) is 29.1 Å². The summed E-state index contributed by atoms with van der Waals surface area (Å²) in [5.41, 5.74) is 3.40. The van der Waals surface area contributed by atoms with Gasteiger partial charge < -0.3 is 14.7 Å². The molecule has 2 N–H and O–H groups in total. The molecule has 0 saturated heterocycles. The quantitative estimate of drug-likeness (QED) is 0.475. The van der Waals surface area contributed by atoms with Crippen molar-refractivity contribution < 1.29 is 23.1 Å². The van der Waals surface area contributed by atoms with Crippen LogP contribution in [0.25, 0.3) is 0 Å². The fraction of sp³-hybridized carbons (Fsp3) is 0.581. The maximum absolute atomic E-state index is 13.3. The van der Waals surface area contributed by atoms with Gasteiger partial charge in [-0.25, -0.2) is 13.1 Å². The van der Waals surface area contributed by atoms with Crippen LogP contribution in [-0.2, 0) is 21.9 Å². The summed E-state index contributed by atoms with van der Waals surface area (Å²) in [6, 6.07) is 11.4. The fourth-order valence-corrected chi connectivity index (χ4v) is 9.07. The summed E-state index contributed by atoms with van der Waals surface area (Å²) >= 11 is 6.33. The number of hydrogen-bond acceptors (Lipinski definition) is 6. The third-order valence-corrected chi connectivity index (χ3v) is 12.1. The van der Waals surface area contributed by atoms with Crippen LogP contribution < -0.4 is 14.4 Å². The largest absolute Gasteiger partial charge is 0.490 e. The van der Waals surface area contributed by atoms with Crippen molar-refractivity contribution in [1.82, 2.24) is 4.72 Å². The Balaban J connectivity index is 1.39. The molecule has 0 aromatic heterocycles. The molecule has 0 unspecified atom stereocenters. The molecule has 2 aliphatic carbocycles. The molecule has 1 amide bonds. The van der Waals surface area contributed by atoms with Gasteiger partial charge >= 0.3 is 0 Å². The zero-order chi connectivity index (χ0) is 28.1. The van der Waals surface area contributed by atoms with Crippen LogP contribution in [0.4, 0.5) is 5.69 Å². The first kappa shape index (κ1) is 27.9. The van der Waals surface area contributed by atoms with Crippen LogP contribution in [0.1, 0.15) is 79.8 Å². The van der Waals surface area contributed by atoms with Crippen LogP contribution >= 0.6 is 11.6 Å². The fourth-order valence-electron chi connectivity index (χ4n) is 7.41. The second-order valence-electron chi connectivity index (χ2n) is 12.3. The molecule has 216 valence electrons. The molecule has 1 saturated carbocycles. The third kappa shape index (κ3) is 5.12. The van der Waals surface area contributed by atoms with Gasteiger partial charge in [0.1, 0.15) is 5.75 Å². The van der Waals surface area contributed by atoms with E-state index in [1.807, 2.05) is 13.0 Å². The number of nitrogens with zero attached hydrogens (tertiary/aromatic N) is 1. The van der Waals surface area contributed by atoms with Crippen molar-refractivity contribution in [1.29, 1.82) is 0 Å². The van der Waals surface area contributed by atoms with Crippen molar-refractivity contribution in [3.05, 3.63) is 58.1 Å². The second-order valence-corrected chi connectivity index (χ2v) is 14.7. The van der Waals surface area contributed by atoms with Gasteiger partial charge in [-0.1, -0.05) is 37.4 Å². The van der Waals surface area contributed by atoms with Crippen molar-refractivity contribution >= 4 is 33.2 Å². The van der Waals surface area contributed by atoms with Gasteiger partial charge in [0.25, 0.3) is 5.91 Å². The first-order valence-corrected chi connectivity index (χ1v) is 16.7. The number of halogens is 1. The minimum Gasteiger partial charge on any atom is -0.490 e. The molecular formula is C31H39ClN2O5S. The molecule has 40 heavy (non-hydrogen) atoms. The first-order chi connectivity index (χ1) is 19.2. The van der Waals surface area contributed by atoms with Crippen molar-refractivity contribution in [3.8, 4) is 5.75 Å². The normalized spacial score (nSPS) is 31.8. The Morgan fingerprint density at radius 2 is 1.95 bits per heavy atom. The number of nitrogens with one attached hydrogen (secondary N) is 1. The van der Waals surface area contributed by atoms with E-state index in [0.29, 0.717) is 49.5 Å². The lowest BCUT2D eigenvalue weighted by Crippen LogP contribution is -2.48. The molecule has 1 fully saturated rings. The summed E-state index contributed by atoms with van der Waals surface area (Å²) in [7, 11) is -3.84. The summed E-state index contributed by atoms with van der Waals surface area (Å²) < 4.78 is 35.1. The van der Waals surface area contributed by atoms with Gasteiger partial charge in [-0.3, -0.25) is 4.79 Å². The molecule has 9 heteroatoms. The average Bonchev–Trinajstić information content (AvgIpc) is 3.16. The molecule has 2 aliphatic heterocycles. The minimum absolute atomic E-state index is 0.224. The summed E-state index contributed by atoms with van der Waals surface area (Å²) in [5.74, 6) is 0.661. The smallest absolute Gasteiger partial charge is 0.264 e. The van der Waals surface area contributed by atoms with Gasteiger partial charge in [-0.15, -0.1) is 0 Å². The molecule has 5 atom stereocenters. The molecule has 2 aromatic carbocycles. The SMILES string of the molecule is CC[C@H]1CCCC[C@H](O)[C@@H]2CC[C@H]2CN2C[C@@]3(CCc4cc(Cl)ccc43)COc3ccc(cc32)C(=O)NS1(=O)=O. The molecule has 2 heterocycles. The van der Waals surface area contributed by atoms with Gasteiger partial charge in [0.2, 0.25) is 10.0 Å². The number of rotatable bonds is 1. The highest BCUT2D eigenvalue weighted by Gasteiger charge is 2.45. The molecule has 0 radical (unpaired) electrons. The zero-order valence-electron chi connectivity index (χ0n) is 23.1. The van der Waals surface area contributed by atoms with Crippen LogP contribution in [0.2, 0.25) is 5.02 Å². The Kier molecular flexibility index (Phi) is 7.55. The van der Waals surface area contributed by atoms with Gasteiger partial charge in [-0.2, -0.15) is 0 Å². The molecule has 7 nitrogen and oxygen atoms in total. The van der Waals surface area contributed by atoms with Crippen molar-refractivity contribution in [2.24, 2.45) is 11.8 Å². The van der Waals surface area contributed by atoms with Crippen molar-refractivity contribution in [3.63, 3.8) is 0 Å². The first-order valence-electron chi connectivity index (χ1n) is 14.7. The van der Waals surface area contributed by atoms with Crippen LogP contribution in [-0.4, -0.2) is 50.5 Å². The summed E-state index contributed by atoms with van der Waals surface area (Å²) in [6.45, 7) is 3.82. The van der Waals surface area contributed by atoms with E-state index >= 15 is 0 Å². The summed E-state index contributed by atoms with van der Waals surface area (Å²) in [5, 5.41) is 11.2. The number of benzene rings is 2.